The third-order valence-corrected chi connectivity index (χ3v) is 5.47. The third-order valence-electron chi connectivity index (χ3n) is 3.51. The minimum atomic E-state index is -3.51. The molecule has 1 atom stereocenters. The molecule has 0 aromatic heterocycles. The molecule has 1 aromatic carbocycles. The van der Waals surface area contributed by atoms with E-state index in [2.05, 4.69) is 5.32 Å². The number of rotatable bonds is 5. The highest BCUT2D eigenvalue weighted by Crippen LogP contribution is 2.25. The summed E-state index contributed by atoms with van der Waals surface area (Å²) in [7, 11) is -1.70. The molecule has 2 rings (SSSR count). The Morgan fingerprint density at radius 1 is 1.40 bits per heavy atom. The molecule has 20 heavy (non-hydrogen) atoms. The fourth-order valence-corrected chi connectivity index (χ4v) is 4.18. The van der Waals surface area contributed by atoms with Gasteiger partial charge in [-0.2, -0.15) is 4.31 Å². The van der Waals surface area contributed by atoms with Gasteiger partial charge in [-0.25, -0.2) is 8.42 Å². The molecule has 1 amide bonds. The van der Waals surface area contributed by atoms with Crippen molar-refractivity contribution < 1.29 is 13.2 Å². The molecule has 1 aliphatic heterocycles. The van der Waals surface area contributed by atoms with E-state index in [0.29, 0.717) is 18.7 Å². The second-order valence-corrected chi connectivity index (χ2v) is 6.75. The van der Waals surface area contributed by atoms with Gasteiger partial charge in [0.15, 0.2) is 0 Å². The van der Waals surface area contributed by atoms with Crippen molar-refractivity contribution in [2.45, 2.75) is 23.8 Å². The SMILES string of the molecule is CNCC1CCCN1S(=O)(=O)c1ccc(C(N)=O)cc1. The van der Waals surface area contributed by atoms with Crippen molar-refractivity contribution in [2.24, 2.45) is 5.73 Å². The van der Waals surface area contributed by atoms with E-state index in [-0.39, 0.29) is 10.9 Å². The molecule has 7 heteroatoms. The Labute approximate surface area is 119 Å². The van der Waals surface area contributed by atoms with Crippen LogP contribution in [-0.4, -0.2) is 44.8 Å². The molecule has 1 unspecified atom stereocenters. The van der Waals surface area contributed by atoms with Crippen LogP contribution in [0.5, 0.6) is 0 Å². The van der Waals surface area contributed by atoms with E-state index in [4.69, 9.17) is 5.73 Å². The quantitative estimate of drug-likeness (QED) is 0.809. The summed E-state index contributed by atoms with van der Waals surface area (Å²) in [6.07, 6.45) is 1.73. The van der Waals surface area contributed by atoms with Crippen molar-refractivity contribution >= 4 is 15.9 Å². The molecular formula is C13H19N3O3S. The topological polar surface area (TPSA) is 92.5 Å². The van der Waals surface area contributed by atoms with Crippen molar-refractivity contribution in [3.63, 3.8) is 0 Å². The van der Waals surface area contributed by atoms with Crippen LogP contribution in [0, 0.1) is 0 Å². The normalized spacial score (nSPS) is 20.1. The first-order chi connectivity index (χ1) is 9.46. The summed E-state index contributed by atoms with van der Waals surface area (Å²) in [6, 6.07) is 5.74. The number of carbonyl (C=O) groups excluding carboxylic acids is 1. The molecule has 0 aliphatic carbocycles. The lowest BCUT2D eigenvalue weighted by Crippen LogP contribution is -2.40. The number of sulfonamides is 1. The molecule has 1 saturated heterocycles. The number of hydrogen-bond acceptors (Lipinski definition) is 4. The van der Waals surface area contributed by atoms with Crippen LogP contribution in [0.3, 0.4) is 0 Å². The second-order valence-electron chi connectivity index (χ2n) is 4.86. The molecule has 0 saturated carbocycles. The Morgan fingerprint density at radius 2 is 2.05 bits per heavy atom. The van der Waals surface area contributed by atoms with Gasteiger partial charge in [-0.05, 0) is 44.2 Å². The minimum Gasteiger partial charge on any atom is -0.366 e. The van der Waals surface area contributed by atoms with Gasteiger partial charge in [0.25, 0.3) is 0 Å². The molecule has 110 valence electrons. The number of nitrogens with zero attached hydrogens (tertiary/aromatic N) is 1. The van der Waals surface area contributed by atoms with E-state index >= 15 is 0 Å². The summed E-state index contributed by atoms with van der Waals surface area (Å²) in [5.41, 5.74) is 5.45. The number of nitrogens with two attached hydrogens (primary N) is 1. The number of carbonyl (C=O) groups is 1. The molecule has 0 radical (unpaired) electrons. The lowest BCUT2D eigenvalue weighted by atomic mass is 10.2. The predicted octanol–water partition coefficient (Wildman–Crippen LogP) is 0.158. The van der Waals surface area contributed by atoms with E-state index in [0.717, 1.165) is 12.8 Å². The van der Waals surface area contributed by atoms with Gasteiger partial charge < -0.3 is 11.1 Å². The second kappa shape index (κ2) is 5.90. The summed E-state index contributed by atoms with van der Waals surface area (Å²) in [6.45, 7) is 1.17. The molecule has 1 aromatic rings. The smallest absolute Gasteiger partial charge is 0.248 e. The van der Waals surface area contributed by atoms with E-state index in [1.54, 1.807) is 0 Å². The molecule has 6 nitrogen and oxygen atoms in total. The summed E-state index contributed by atoms with van der Waals surface area (Å²) in [5, 5.41) is 3.02. The van der Waals surface area contributed by atoms with Crippen LogP contribution in [0.1, 0.15) is 23.2 Å². The van der Waals surface area contributed by atoms with Crippen LogP contribution < -0.4 is 11.1 Å². The van der Waals surface area contributed by atoms with E-state index in [9.17, 15) is 13.2 Å². The number of hydrogen-bond donors (Lipinski definition) is 2. The maximum atomic E-state index is 12.6. The van der Waals surface area contributed by atoms with E-state index in [1.165, 1.54) is 28.6 Å². The summed E-state index contributed by atoms with van der Waals surface area (Å²) in [5.74, 6) is -0.567. The average molecular weight is 297 g/mol. The largest absolute Gasteiger partial charge is 0.366 e. The number of primary amides is 1. The first-order valence-corrected chi connectivity index (χ1v) is 7.97. The van der Waals surface area contributed by atoms with Crippen LogP contribution in [0.4, 0.5) is 0 Å². The third kappa shape index (κ3) is 2.84. The fraction of sp³-hybridized carbons (Fsp3) is 0.462. The van der Waals surface area contributed by atoms with Gasteiger partial charge in [0.1, 0.15) is 0 Å². The zero-order valence-electron chi connectivity index (χ0n) is 11.4. The van der Waals surface area contributed by atoms with Crippen LogP contribution in [0.15, 0.2) is 29.2 Å². The highest BCUT2D eigenvalue weighted by atomic mass is 32.2. The standard InChI is InChI=1S/C13H19N3O3S/c1-15-9-11-3-2-8-16(11)20(18,19)12-6-4-10(5-7-12)13(14)17/h4-7,11,15H,2-3,8-9H2,1H3,(H2,14,17). The molecule has 1 fully saturated rings. The molecule has 1 aliphatic rings. The maximum Gasteiger partial charge on any atom is 0.248 e. The molecule has 0 bridgehead atoms. The maximum absolute atomic E-state index is 12.6. The summed E-state index contributed by atoms with van der Waals surface area (Å²) >= 11 is 0. The molecule has 1 heterocycles. The van der Waals surface area contributed by atoms with Crippen LogP contribution >= 0.6 is 0 Å². The number of nitrogens with one attached hydrogen (secondary N) is 1. The van der Waals surface area contributed by atoms with E-state index < -0.39 is 15.9 Å². The monoisotopic (exact) mass is 297 g/mol. The van der Waals surface area contributed by atoms with Gasteiger partial charge >= 0.3 is 0 Å². The molecule has 3 N–H and O–H groups in total. The van der Waals surface area contributed by atoms with Crippen molar-refractivity contribution in [3.05, 3.63) is 29.8 Å². The van der Waals surface area contributed by atoms with Gasteiger partial charge in [-0.3, -0.25) is 4.79 Å². The van der Waals surface area contributed by atoms with Crippen LogP contribution in [0.25, 0.3) is 0 Å². The zero-order chi connectivity index (χ0) is 14.8. The van der Waals surface area contributed by atoms with Crippen molar-refractivity contribution in [3.8, 4) is 0 Å². The highest BCUT2D eigenvalue weighted by Gasteiger charge is 2.34. The molecule has 0 spiro atoms. The van der Waals surface area contributed by atoms with Crippen molar-refractivity contribution in [1.29, 1.82) is 0 Å². The Balaban J connectivity index is 2.27. The first-order valence-electron chi connectivity index (χ1n) is 6.53. The van der Waals surface area contributed by atoms with Crippen molar-refractivity contribution in [2.75, 3.05) is 20.1 Å². The zero-order valence-corrected chi connectivity index (χ0v) is 12.2. The van der Waals surface area contributed by atoms with Crippen LogP contribution in [-0.2, 0) is 10.0 Å². The summed E-state index contributed by atoms with van der Waals surface area (Å²) in [4.78, 5) is 11.2. The Morgan fingerprint density at radius 3 is 2.60 bits per heavy atom. The summed E-state index contributed by atoms with van der Waals surface area (Å²) < 4.78 is 26.7. The van der Waals surface area contributed by atoms with Gasteiger partial charge in [0.05, 0.1) is 4.90 Å². The van der Waals surface area contributed by atoms with Gasteiger partial charge in [0.2, 0.25) is 15.9 Å². The number of benzene rings is 1. The Hall–Kier alpha value is -1.44. The Bertz CT molecular complexity index is 583. The van der Waals surface area contributed by atoms with Gasteiger partial charge in [-0.1, -0.05) is 0 Å². The first kappa shape index (κ1) is 15.0. The predicted molar refractivity (Wildman–Crippen MR) is 75.8 cm³/mol. The van der Waals surface area contributed by atoms with Crippen LogP contribution in [0.2, 0.25) is 0 Å². The number of amides is 1. The fourth-order valence-electron chi connectivity index (χ4n) is 2.49. The lowest BCUT2D eigenvalue weighted by molar-refractivity contribution is 0.1000. The lowest BCUT2D eigenvalue weighted by Gasteiger charge is -2.23. The van der Waals surface area contributed by atoms with E-state index in [1.807, 2.05) is 7.05 Å². The highest BCUT2D eigenvalue weighted by molar-refractivity contribution is 7.89. The number of likely N-dealkylation sites (N-methyl/N-ethyl adjacent to an activating group) is 1. The minimum absolute atomic E-state index is 0.0131. The Kier molecular flexibility index (Phi) is 4.42. The van der Waals surface area contributed by atoms with Gasteiger partial charge in [0, 0.05) is 24.7 Å². The molecular weight excluding hydrogens is 278 g/mol. The van der Waals surface area contributed by atoms with Gasteiger partial charge in [-0.15, -0.1) is 0 Å². The van der Waals surface area contributed by atoms with Crippen molar-refractivity contribution in [1.82, 2.24) is 9.62 Å². The average Bonchev–Trinajstić information content (AvgIpc) is 2.88.